The summed E-state index contributed by atoms with van der Waals surface area (Å²) in [6.07, 6.45) is 6.84. The van der Waals surface area contributed by atoms with E-state index in [0.29, 0.717) is 13.0 Å². The molecule has 3 rings (SSSR count). The first-order valence-electron chi connectivity index (χ1n) is 8.53. The molecule has 1 fully saturated rings. The second-order valence-corrected chi connectivity index (χ2v) is 8.22. The first-order chi connectivity index (χ1) is 11.4. The number of likely N-dealkylation sites (tertiary alicyclic amines) is 1. The number of aryl methyl sites for hydroxylation is 1. The first kappa shape index (κ1) is 17.1. The van der Waals surface area contributed by atoms with Crippen LogP contribution in [0.2, 0.25) is 0 Å². The minimum absolute atomic E-state index is 0.0470. The third-order valence-electron chi connectivity index (χ3n) is 4.42. The molecule has 0 N–H and O–H groups in total. The van der Waals surface area contributed by atoms with Crippen LogP contribution in [0.1, 0.15) is 63.2 Å². The van der Waals surface area contributed by atoms with Gasteiger partial charge in [0, 0.05) is 23.8 Å². The van der Waals surface area contributed by atoms with Crippen LogP contribution >= 0.6 is 11.3 Å². The Labute approximate surface area is 146 Å². The van der Waals surface area contributed by atoms with Gasteiger partial charge in [-0.05, 0) is 19.3 Å². The quantitative estimate of drug-likeness (QED) is 0.852. The highest BCUT2D eigenvalue weighted by Gasteiger charge is 2.30. The average molecular weight is 347 g/mol. The number of rotatable bonds is 4. The maximum absolute atomic E-state index is 12.7. The van der Waals surface area contributed by atoms with Gasteiger partial charge in [0.25, 0.3) is 0 Å². The zero-order valence-electron chi connectivity index (χ0n) is 14.6. The molecule has 3 heterocycles. The largest absolute Gasteiger partial charge is 0.333 e. The standard InChI is InChI=1S/C17H25N5OS/c1-17(2,3)14-10-24-16(20-14)13-6-4-5-8-22(13)15(23)7-9-21-12-18-11-19-21/h10-13H,4-9H2,1-3H3/t13-/m1/s1. The van der Waals surface area contributed by atoms with Crippen LogP contribution in [0.3, 0.4) is 0 Å². The highest BCUT2D eigenvalue weighted by molar-refractivity contribution is 7.09. The van der Waals surface area contributed by atoms with E-state index >= 15 is 0 Å². The van der Waals surface area contributed by atoms with Crippen molar-refractivity contribution in [2.75, 3.05) is 6.54 Å². The van der Waals surface area contributed by atoms with Gasteiger partial charge in [-0.3, -0.25) is 9.48 Å². The fourth-order valence-electron chi connectivity index (χ4n) is 2.97. The minimum Gasteiger partial charge on any atom is -0.333 e. The molecule has 2 aromatic heterocycles. The fourth-order valence-corrected chi connectivity index (χ4v) is 4.17. The highest BCUT2D eigenvalue weighted by Crippen LogP contribution is 2.35. The van der Waals surface area contributed by atoms with Gasteiger partial charge >= 0.3 is 0 Å². The molecule has 6 nitrogen and oxygen atoms in total. The van der Waals surface area contributed by atoms with Crippen molar-refractivity contribution < 1.29 is 4.79 Å². The number of aromatic nitrogens is 4. The van der Waals surface area contributed by atoms with Crippen molar-refractivity contribution in [1.29, 1.82) is 0 Å². The number of hydrogen-bond acceptors (Lipinski definition) is 5. The Morgan fingerprint density at radius 2 is 2.21 bits per heavy atom. The minimum atomic E-state index is 0.0470. The van der Waals surface area contributed by atoms with Crippen LogP contribution in [0.15, 0.2) is 18.0 Å². The summed E-state index contributed by atoms with van der Waals surface area (Å²) in [7, 11) is 0. The van der Waals surface area contributed by atoms with Crippen molar-refractivity contribution in [3.05, 3.63) is 28.7 Å². The molecule has 0 spiro atoms. The van der Waals surface area contributed by atoms with Crippen LogP contribution in [-0.4, -0.2) is 37.1 Å². The average Bonchev–Trinajstić information content (AvgIpc) is 3.23. The normalized spacial score (nSPS) is 18.8. The molecule has 130 valence electrons. The maximum atomic E-state index is 12.7. The lowest BCUT2D eigenvalue weighted by molar-refractivity contribution is -0.135. The van der Waals surface area contributed by atoms with Gasteiger partial charge in [-0.1, -0.05) is 20.8 Å². The van der Waals surface area contributed by atoms with Crippen molar-refractivity contribution >= 4 is 17.2 Å². The zero-order valence-corrected chi connectivity index (χ0v) is 15.4. The molecule has 2 aromatic rings. The zero-order chi connectivity index (χ0) is 17.2. The Morgan fingerprint density at radius 3 is 2.88 bits per heavy atom. The summed E-state index contributed by atoms with van der Waals surface area (Å²) < 4.78 is 1.71. The molecule has 1 atom stereocenters. The molecule has 0 aromatic carbocycles. The summed E-state index contributed by atoms with van der Waals surface area (Å²) >= 11 is 1.69. The summed E-state index contributed by atoms with van der Waals surface area (Å²) in [4.78, 5) is 23.5. The van der Waals surface area contributed by atoms with E-state index in [-0.39, 0.29) is 17.4 Å². The molecule has 0 unspecified atom stereocenters. The third-order valence-corrected chi connectivity index (χ3v) is 5.37. The second kappa shape index (κ2) is 7.01. The summed E-state index contributed by atoms with van der Waals surface area (Å²) in [5.74, 6) is 0.183. The van der Waals surface area contributed by atoms with Crippen molar-refractivity contribution in [2.45, 2.75) is 64.5 Å². The van der Waals surface area contributed by atoms with Gasteiger partial charge in [0.15, 0.2) is 0 Å². The molecule has 0 aliphatic carbocycles. The smallest absolute Gasteiger partial charge is 0.225 e. The lowest BCUT2D eigenvalue weighted by Gasteiger charge is -2.34. The van der Waals surface area contributed by atoms with Gasteiger partial charge in [0.1, 0.15) is 17.7 Å². The van der Waals surface area contributed by atoms with Crippen LogP contribution in [0.25, 0.3) is 0 Å². The molecule has 1 saturated heterocycles. The molecule has 1 aliphatic heterocycles. The van der Waals surface area contributed by atoms with Gasteiger partial charge in [-0.15, -0.1) is 11.3 Å². The van der Waals surface area contributed by atoms with E-state index in [9.17, 15) is 4.79 Å². The summed E-state index contributed by atoms with van der Waals surface area (Å²) in [6.45, 7) is 7.92. The Morgan fingerprint density at radius 1 is 1.38 bits per heavy atom. The summed E-state index contributed by atoms with van der Waals surface area (Å²) in [6, 6.07) is 0.128. The van der Waals surface area contributed by atoms with Crippen molar-refractivity contribution in [3.63, 3.8) is 0 Å². The number of carbonyl (C=O) groups is 1. The van der Waals surface area contributed by atoms with E-state index in [2.05, 4.69) is 36.2 Å². The Kier molecular flexibility index (Phi) is 4.99. The monoisotopic (exact) mass is 347 g/mol. The van der Waals surface area contributed by atoms with Gasteiger partial charge in [-0.25, -0.2) is 9.97 Å². The fraction of sp³-hybridized carbons (Fsp3) is 0.647. The number of thiazole rings is 1. The van der Waals surface area contributed by atoms with E-state index in [1.165, 1.54) is 6.33 Å². The molecular formula is C17H25N5OS. The first-order valence-corrected chi connectivity index (χ1v) is 9.41. The maximum Gasteiger partial charge on any atom is 0.225 e. The lowest BCUT2D eigenvalue weighted by atomic mass is 9.93. The molecule has 0 bridgehead atoms. The van der Waals surface area contributed by atoms with Crippen LogP contribution in [0.4, 0.5) is 0 Å². The number of hydrogen-bond donors (Lipinski definition) is 0. The lowest BCUT2D eigenvalue weighted by Crippen LogP contribution is -2.39. The Bertz CT molecular complexity index is 673. The van der Waals surface area contributed by atoms with Crippen LogP contribution < -0.4 is 0 Å². The number of amides is 1. The number of carbonyl (C=O) groups excluding carboxylic acids is 1. The van der Waals surface area contributed by atoms with E-state index in [0.717, 1.165) is 36.5 Å². The van der Waals surface area contributed by atoms with E-state index in [4.69, 9.17) is 4.98 Å². The van der Waals surface area contributed by atoms with Crippen molar-refractivity contribution in [3.8, 4) is 0 Å². The predicted octanol–water partition coefficient (Wildman–Crippen LogP) is 3.18. The van der Waals surface area contributed by atoms with Gasteiger partial charge < -0.3 is 4.90 Å². The highest BCUT2D eigenvalue weighted by atomic mass is 32.1. The Balaban J connectivity index is 1.70. The second-order valence-electron chi connectivity index (χ2n) is 7.33. The van der Waals surface area contributed by atoms with Crippen LogP contribution in [-0.2, 0) is 16.8 Å². The molecule has 0 saturated carbocycles. The number of nitrogens with zero attached hydrogens (tertiary/aromatic N) is 5. The Hall–Kier alpha value is -1.76. The molecule has 24 heavy (non-hydrogen) atoms. The molecule has 1 amide bonds. The van der Waals surface area contributed by atoms with E-state index in [1.807, 2.05) is 4.90 Å². The summed E-state index contributed by atoms with van der Waals surface area (Å²) in [5.41, 5.74) is 1.16. The van der Waals surface area contributed by atoms with Crippen LogP contribution in [0, 0.1) is 0 Å². The van der Waals surface area contributed by atoms with E-state index in [1.54, 1.807) is 22.3 Å². The van der Waals surface area contributed by atoms with E-state index < -0.39 is 0 Å². The van der Waals surface area contributed by atoms with Crippen molar-refractivity contribution in [1.82, 2.24) is 24.6 Å². The van der Waals surface area contributed by atoms with Gasteiger partial charge in [0.05, 0.1) is 18.3 Å². The topological polar surface area (TPSA) is 63.9 Å². The van der Waals surface area contributed by atoms with Crippen LogP contribution in [0.5, 0.6) is 0 Å². The van der Waals surface area contributed by atoms with Gasteiger partial charge in [-0.2, -0.15) is 5.10 Å². The van der Waals surface area contributed by atoms with Crippen molar-refractivity contribution in [2.24, 2.45) is 0 Å². The summed E-state index contributed by atoms with van der Waals surface area (Å²) in [5, 5.41) is 7.28. The molecule has 7 heteroatoms. The molecule has 1 aliphatic rings. The predicted molar refractivity (Wildman–Crippen MR) is 93.8 cm³/mol. The SMILES string of the molecule is CC(C)(C)c1csc([C@H]2CCCCN2C(=O)CCn2cncn2)n1. The van der Waals surface area contributed by atoms with Gasteiger partial charge in [0.2, 0.25) is 5.91 Å². The molecule has 0 radical (unpaired) electrons. The number of piperidine rings is 1. The molecular weight excluding hydrogens is 322 g/mol. The third kappa shape index (κ3) is 3.83.